The number of nitrogens with one attached hydrogen (secondary N) is 1. The van der Waals surface area contributed by atoms with Crippen LogP contribution in [0, 0.1) is 0 Å². The topological polar surface area (TPSA) is 79.3 Å². The SMILES string of the molecule is O=C(O)c1ccccc1C(=O)Nc1ccc2nc(SCc3ccc(Cl)cc3)sc2c1. The zero-order valence-corrected chi connectivity index (χ0v) is 17.9. The Labute approximate surface area is 185 Å². The average Bonchev–Trinajstić information content (AvgIpc) is 3.15. The minimum absolute atomic E-state index is 0.0326. The molecule has 8 heteroatoms. The molecule has 2 N–H and O–H groups in total. The number of carboxylic acids is 1. The number of rotatable bonds is 6. The molecule has 30 heavy (non-hydrogen) atoms. The summed E-state index contributed by atoms with van der Waals surface area (Å²) in [5, 5.41) is 12.8. The number of hydrogen-bond donors (Lipinski definition) is 2. The van der Waals surface area contributed by atoms with Crippen LogP contribution in [-0.2, 0) is 5.75 Å². The number of fused-ring (bicyclic) bond motifs is 1. The van der Waals surface area contributed by atoms with Crippen LogP contribution in [0.5, 0.6) is 0 Å². The van der Waals surface area contributed by atoms with Crippen LogP contribution in [0.2, 0.25) is 5.02 Å². The molecule has 0 atom stereocenters. The summed E-state index contributed by atoms with van der Waals surface area (Å²) in [6, 6.07) is 19.3. The van der Waals surface area contributed by atoms with E-state index in [1.807, 2.05) is 36.4 Å². The number of nitrogens with zero attached hydrogens (tertiary/aromatic N) is 1. The molecule has 0 saturated carbocycles. The summed E-state index contributed by atoms with van der Waals surface area (Å²) < 4.78 is 1.87. The predicted molar refractivity (Wildman–Crippen MR) is 122 cm³/mol. The first kappa shape index (κ1) is 20.4. The van der Waals surface area contributed by atoms with E-state index in [1.165, 1.54) is 12.1 Å². The summed E-state index contributed by atoms with van der Waals surface area (Å²) in [5.41, 5.74) is 2.69. The lowest BCUT2D eigenvalue weighted by atomic mass is 10.1. The number of carboxylic acid groups (broad SMARTS) is 1. The van der Waals surface area contributed by atoms with E-state index in [0.717, 1.165) is 25.9 Å². The first-order valence-electron chi connectivity index (χ1n) is 8.91. The summed E-state index contributed by atoms with van der Waals surface area (Å²) in [7, 11) is 0. The first-order valence-corrected chi connectivity index (χ1v) is 11.1. The summed E-state index contributed by atoms with van der Waals surface area (Å²) in [5.74, 6) is -0.817. The molecule has 0 unspecified atom stereocenters. The summed E-state index contributed by atoms with van der Waals surface area (Å²) >= 11 is 9.10. The van der Waals surface area contributed by atoms with Crippen molar-refractivity contribution in [3.63, 3.8) is 0 Å². The van der Waals surface area contributed by atoms with Gasteiger partial charge in [-0.2, -0.15) is 0 Å². The van der Waals surface area contributed by atoms with Gasteiger partial charge in [0, 0.05) is 16.5 Å². The second-order valence-electron chi connectivity index (χ2n) is 6.38. The zero-order valence-electron chi connectivity index (χ0n) is 15.5. The van der Waals surface area contributed by atoms with Crippen LogP contribution in [0.4, 0.5) is 5.69 Å². The molecule has 4 aromatic rings. The van der Waals surface area contributed by atoms with Crippen LogP contribution >= 0.6 is 34.7 Å². The van der Waals surface area contributed by atoms with Crippen LogP contribution < -0.4 is 5.32 Å². The van der Waals surface area contributed by atoms with Crippen molar-refractivity contribution in [1.82, 2.24) is 4.98 Å². The lowest BCUT2D eigenvalue weighted by Gasteiger charge is -2.07. The van der Waals surface area contributed by atoms with Gasteiger partial charge in [-0.15, -0.1) is 11.3 Å². The number of carbonyl (C=O) groups is 2. The van der Waals surface area contributed by atoms with Crippen LogP contribution in [0.1, 0.15) is 26.3 Å². The Morgan fingerprint density at radius 3 is 2.50 bits per heavy atom. The van der Waals surface area contributed by atoms with Crippen molar-refractivity contribution in [2.24, 2.45) is 0 Å². The van der Waals surface area contributed by atoms with Crippen LogP contribution in [0.25, 0.3) is 10.2 Å². The van der Waals surface area contributed by atoms with Crippen molar-refractivity contribution < 1.29 is 14.7 Å². The maximum Gasteiger partial charge on any atom is 0.336 e. The molecule has 0 spiro atoms. The van der Waals surface area contributed by atoms with E-state index in [9.17, 15) is 14.7 Å². The van der Waals surface area contributed by atoms with E-state index in [4.69, 9.17) is 11.6 Å². The number of hydrogen-bond acceptors (Lipinski definition) is 5. The van der Waals surface area contributed by atoms with E-state index in [1.54, 1.807) is 41.3 Å². The number of aromatic carboxylic acids is 1. The first-order chi connectivity index (χ1) is 14.5. The Kier molecular flexibility index (Phi) is 6.03. The predicted octanol–water partition coefficient (Wildman–Crippen LogP) is 6.19. The molecule has 150 valence electrons. The molecule has 1 heterocycles. The van der Waals surface area contributed by atoms with Gasteiger partial charge in [-0.25, -0.2) is 9.78 Å². The van der Waals surface area contributed by atoms with E-state index >= 15 is 0 Å². The van der Waals surface area contributed by atoms with E-state index < -0.39 is 11.9 Å². The van der Waals surface area contributed by atoms with Crippen molar-refractivity contribution >= 4 is 62.5 Å². The van der Waals surface area contributed by atoms with Gasteiger partial charge in [-0.05, 0) is 48.0 Å². The maximum atomic E-state index is 12.6. The Morgan fingerprint density at radius 1 is 1.03 bits per heavy atom. The third kappa shape index (κ3) is 4.64. The molecule has 0 bridgehead atoms. The number of thiazole rings is 1. The monoisotopic (exact) mass is 454 g/mol. The number of carbonyl (C=O) groups excluding carboxylic acids is 1. The summed E-state index contributed by atoms with van der Waals surface area (Å²) in [4.78, 5) is 28.5. The fraction of sp³-hybridized carbons (Fsp3) is 0.0455. The standard InChI is InChI=1S/C22H15ClN2O3S2/c23-14-7-5-13(6-8-14)12-29-22-25-18-10-9-15(11-19(18)30-22)24-20(26)16-3-1-2-4-17(16)21(27)28/h1-11H,12H2,(H,24,26)(H,27,28). The number of aromatic nitrogens is 1. The molecular formula is C22H15ClN2O3S2. The number of anilines is 1. The second-order valence-corrected chi connectivity index (χ2v) is 9.07. The number of thioether (sulfide) groups is 1. The van der Waals surface area contributed by atoms with Crippen LogP contribution in [0.15, 0.2) is 71.1 Å². The molecule has 0 radical (unpaired) electrons. The van der Waals surface area contributed by atoms with Gasteiger partial charge >= 0.3 is 5.97 Å². The second kappa shape index (κ2) is 8.87. The van der Waals surface area contributed by atoms with Crippen LogP contribution in [0.3, 0.4) is 0 Å². The Hall–Kier alpha value is -2.87. The van der Waals surface area contributed by atoms with Gasteiger partial charge in [-0.3, -0.25) is 4.79 Å². The minimum atomic E-state index is -1.14. The molecule has 5 nitrogen and oxygen atoms in total. The fourth-order valence-electron chi connectivity index (χ4n) is 2.83. The number of benzene rings is 3. The Bertz CT molecular complexity index is 1240. The largest absolute Gasteiger partial charge is 0.478 e. The highest BCUT2D eigenvalue weighted by Crippen LogP contribution is 2.33. The summed E-state index contributed by atoms with van der Waals surface area (Å²) in [6.45, 7) is 0. The highest BCUT2D eigenvalue weighted by molar-refractivity contribution is 8.00. The smallest absolute Gasteiger partial charge is 0.336 e. The van der Waals surface area contributed by atoms with Crippen molar-refractivity contribution in [2.45, 2.75) is 10.1 Å². The Balaban J connectivity index is 1.49. The molecule has 1 amide bonds. The zero-order chi connectivity index (χ0) is 21.1. The third-order valence-electron chi connectivity index (χ3n) is 4.30. The fourth-order valence-corrected chi connectivity index (χ4v) is 5.02. The molecule has 0 saturated heterocycles. The molecule has 0 aliphatic rings. The molecule has 0 aliphatic heterocycles. The molecule has 3 aromatic carbocycles. The van der Waals surface area contributed by atoms with Gasteiger partial charge in [0.2, 0.25) is 0 Å². The molecule has 4 rings (SSSR count). The van der Waals surface area contributed by atoms with E-state index in [0.29, 0.717) is 10.7 Å². The Morgan fingerprint density at radius 2 is 1.77 bits per heavy atom. The number of halogens is 1. The lowest BCUT2D eigenvalue weighted by molar-refractivity contribution is 0.0692. The minimum Gasteiger partial charge on any atom is -0.478 e. The molecule has 0 fully saturated rings. The highest BCUT2D eigenvalue weighted by Gasteiger charge is 2.16. The normalized spacial score (nSPS) is 10.8. The van der Waals surface area contributed by atoms with Gasteiger partial charge in [0.15, 0.2) is 4.34 Å². The third-order valence-corrected chi connectivity index (χ3v) is 6.79. The van der Waals surface area contributed by atoms with Crippen molar-refractivity contribution in [1.29, 1.82) is 0 Å². The molecule has 0 aliphatic carbocycles. The van der Waals surface area contributed by atoms with Crippen molar-refractivity contribution in [2.75, 3.05) is 5.32 Å². The van der Waals surface area contributed by atoms with Gasteiger partial charge in [0.05, 0.1) is 21.3 Å². The highest BCUT2D eigenvalue weighted by atomic mass is 35.5. The van der Waals surface area contributed by atoms with Gasteiger partial charge in [0.1, 0.15) is 0 Å². The van der Waals surface area contributed by atoms with Gasteiger partial charge < -0.3 is 10.4 Å². The van der Waals surface area contributed by atoms with E-state index in [-0.39, 0.29) is 11.1 Å². The maximum absolute atomic E-state index is 12.6. The quantitative estimate of drug-likeness (QED) is 0.339. The van der Waals surface area contributed by atoms with Gasteiger partial charge in [0.25, 0.3) is 5.91 Å². The van der Waals surface area contributed by atoms with Gasteiger partial charge in [-0.1, -0.05) is 47.6 Å². The van der Waals surface area contributed by atoms with E-state index in [2.05, 4.69) is 10.3 Å². The summed E-state index contributed by atoms with van der Waals surface area (Å²) in [6.07, 6.45) is 0. The molecule has 1 aromatic heterocycles. The molecular weight excluding hydrogens is 440 g/mol. The number of amides is 1. The van der Waals surface area contributed by atoms with Crippen molar-refractivity contribution in [3.05, 3.63) is 88.4 Å². The van der Waals surface area contributed by atoms with Crippen molar-refractivity contribution in [3.8, 4) is 0 Å². The average molecular weight is 455 g/mol. The van der Waals surface area contributed by atoms with Crippen LogP contribution in [-0.4, -0.2) is 22.0 Å². The lowest BCUT2D eigenvalue weighted by Crippen LogP contribution is -2.16.